The number of likely N-dealkylation sites (tertiary alicyclic amines) is 1. The van der Waals surface area contributed by atoms with Gasteiger partial charge in [-0.2, -0.15) is 0 Å². The van der Waals surface area contributed by atoms with Crippen molar-refractivity contribution in [2.24, 2.45) is 0 Å². The Labute approximate surface area is 148 Å². The maximum absolute atomic E-state index is 5.44. The molecule has 130 valence electrons. The summed E-state index contributed by atoms with van der Waals surface area (Å²) in [5.74, 6) is 0.920. The van der Waals surface area contributed by atoms with Crippen molar-refractivity contribution < 1.29 is 4.74 Å². The van der Waals surface area contributed by atoms with Crippen LogP contribution in [0.5, 0.6) is 5.75 Å². The van der Waals surface area contributed by atoms with Gasteiger partial charge in [0.25, 0.3) is 0 Å². The lowest BCUT2D eigenvalue weighted by Crippen LogP contribution is -2.38. The topological polar surface area (TPSA) is 40.3 Å². The van der Waals surface area contributed by atoms with Crippen LogP contribution < -0.4 is 10.1 Å². The number of nitrogens with zero attached hydrogens (tertiary/aromatic N) is 1. The molecule has 0 unspecified atom stereocenters. The number of methoxy groups -OCH3 is 1. The molecule has 0 spiro atoms. The standard InChI is InChI=1S/C21H25N3O/c1-25-21-9-5-4-8-20(21)23-17-10-12-24(13-11-17)15-16-14-22-19-7-3-2-6-18(16)19/h2-9,14,17,22-23H,10-13,15H2,1H3. The Hall–Kier alpha value is -2.46. The van der Waals surface area contributed by atoms with Crippen LogP contribution in [0.4, 0.5) is 5.69 Å². The first-order valence-corrected chi connectivity index (χ1v) is 9.00. The minimum Gasteiger partial charge on any atom is -0.495 e. The number of rotatable bonds is 5. The maximum Gasteiger partial charge on any atom is 0.141 e. The Balaban J connectivity index is 1.35. The second-order valence-corrected chi connectivity index (χ2v) is 6.75. The summed E-state index contributed by atoms with van der Waals surface area (Å²) >= 11 is 0. The molecule has 0 atom stereocenters. The van der Waals surface area contributed by atoms with E-state index in [2.05, 4.69) is 57.8 Å². The van der Waals surface area contributed by atoms with E-state index in [4.69, 9.17) is 4.74 Å². The number of para-hydroxylation sites is 3. The van der Waals surface area contributed by atoms with E-state index in [0.29, 0.717) is 6.04 Å². The molecule has 3 aromatic rings. The third-order valence-electron chi connectivity index (χ3n) is 5.12. The highest BCUT2D eigenvalue weighted by atomic mass is 16.5. The molecule has 2 N–H and O–H groups in total. The summed E-state index contributed by atoms with van der Waals surface area (Å²) in [6.45, 7) is 3.25. The van der Waals surface area contributed by atoms with Gasteiger partial charge >= 0.3 is 0 Å². The van der Waals surface area contributed by atoms with Gasteiger partial charge in [0.2, 0.25) is 0 Å². The molecule has 4 nitrogen and oxygen atoms in total. The van der Waals surface area contributed by atoms with E-state index in [0.717, 1.165) is 43.9 Å². The number of ether oxygens (including phenoxy) is 1. The Morgan fingerprint density at radius 2 is 1.84 bits per heavy atom. The number of H-pyrrole nitrogens is 1. The molecular weight excluding hydrogens is 310 g/mol. The summed E-state index contributed by atoms with van der Waals surface area (Å²) in [6, 6.07) is 17.2. The second-order valence-electron chi connectivity index (χ2n) is 6.75. The lowest BCUT2D eigenvalue weighted by Gasteiger charge is -2.33. The summed E-state index contributed by atoms with van der Waals surface area (Å²) in [4.78, 5) is 5.93. The third-order valence-corrected chi connectivity index (χ3v) is 5.12. The molecule has 0 aliphatic carbocycles. The molecule has 25 heavy (non-hydrogen) atoms. The lowest BCUT2D eigenvalue weighted by molar-refractivity contribution is 0.212. The fourth-order valence-electron chi connectivity index (χ4n) is 3.72. The number of fused-ring (bicyclic) bond motifs is 1. The van der Waals surface area contributed by atoms with Gasteiger partial charge in [-0.05, 0) is 36.6 Å². The van der Waals surface area contributed by atoms with Gasteiger partial charge in [0, 0.05) is 42.8 Å². The molecule has 1 aliphatic heterocycles. The molecule has 2 heterocycles. The summed E-state index contributed by atoms with van der Waals surface area (Å²) in [7, 11) is 1.73. The van der Waals surface area contributed by atoms with Crippen LogP contribution in [0.1, 0.15) is 18.4 Å². The molecule has 2 aromatic carbocycles. The van der Waals surface area contributed by atoms with Crippen molar-refractivity contribution in [3.8, 4) is 5.75 Å². The molecule has 1 aromatic heterocycles. The number of aromatic amines is 1. The van der Waals surface area contributed by atoms with E-state index in [1.54, 1.807) is 7.11 Å². The van der Waals surface area contributed by atoms with E-state index >= 15 is 0 Å². The van der Waals surface area contributed by atoms with Crippen molar-refractivity contribution in [1.29, 1.82) is 0 Å². The van der Waals surface area contributed by atoms with Gasteiger partial charge in [-0.3, -0.25) is 4.90 Å². The van der Waals surface area contributed by atoms with E-state index in [1.807, 2.05) is 12.1 Å². The van der Waals surface area contributed by atoms with Crippen LogP contribution in [-0.2, 0) is 6.54 Å². The highest BCUT2D eigenvalue weighted by molar-refractivity contribution is 5.82. The molecule has 0 saturated carbocycles. The molecular formula is C21H25N3O. The lowest BCUT2D eigenvalue weighted by atomic mass is 10.0. The predicted molar refractivity (Wildman–Crippen MR) is 103 cm³/mol. The molecule has 4 heteroatoms. The maximum atomic E-state index is 5.44. The van der Waals surface area contributed by atoms with Crippen LogP contribution in [0.15, 0.2) is 54.7 Å². The summed E-state index contributed by atoms with van der Waals surface area (Å²) in [6.07, 6.45) is 4.46. The zero-order chi connectivity index (χ0) is 17.1. The average Bonchev–Trinajstić information content (AvgIpc) is 3.07. The van der Waals surface area contributed by atoms with Crippen LogP contribution in [0.3, 0.4) is 0 Å². The molecule has 0 amide bonds. The van der Waals surface area contributed by atoms with Crippen molar-refractivity contribution in [1.82, 2.24) is 9.88 Å². The smallest absolute Gasteiger partial charge is 0.141 e. The number of nitrogens with one attached hydrogen (secondary N) is 2. The number of anilines is 1. The second kappa shape index (κ2) is 7.19. The van der Waals surface area contributed by atoms with Crippen molar-refractivity contribution >= 4 is 16.6 Å². The number of hydrogen-bond donors (Lipinski definition) is 2. The fraction of sp³-hybridized carbons (Fsp3) is 0.333. The highest BCUT2D eigenvalue weighted by Gasteiger charge is 2.20. The Morgan fingerprint density at radius 1 is 1.08 bits per heavy atom. The molecule has 0 radical (unpaired) electrons. The highest BCUT2D eigenvalue weighted by Crippen LogP contribution is 2.27. The Kier molecular flexibility index (Phi) is 4.61. The normalized spacial score (nSPS) is 16.2. The minimum atomic E-state index is 0.510. The van der Waals surface area contributed by atoms with Crippen LogP contribution in [-0.4, -0.2) is 36.1 Å². The zero-order valence-corrected chi connectivity index (χ0v) is 14.7. The van der Waals surface area contributed by atoms with Gasteiger partial charge < -0.3 is 15.0 Å². The van der Waals surface area contributed by atoms with Gasteiger partial charge in [-0.1, -0.05) is 30.3 Å². The summed E-state index contributed by atoms with van der Waals surface area (Å²) in [5.41, 5.74) is 3.72. The van der Waals surface area contributed by atoms with Crippen LogP contribution in [0.25, 0.3) is 10.9 Å². The summed E-state index contributed by atoms with van der Waals surface area (Å²) in [5, 5.41) is 5.00. The van der Waals surface area contributed by atoms with Crippen molar-refractivity contribution in [2.75, 3.05) is 25.5 Å². The first kappa shape index (κ1) is 16.0. The van der Waals surface area contributed by atoms with Gasteiger partial charge in [0.15, 0.2) is 0 Å². The first-order chi connectivity index (χ1) is 12.3. The molecule has 1 fully saturated rings. The third kappa shape index (κ3) is 3.49. The van der Waals surface area contributed by atoms with E-state index < -0.39 is 0 Å². The molecule has 1 saturated heterocycles. The van der Waals surface area contributed by atoms with E-state index in [-0.39, 0.29) is 0 Å². The van der Waals surface area contributed by atoms with Crippen molar-refractivity contribution in [3.63, 3.8) is 0 Å². The van der Waals surface area contributed by atoms with Gasteiger partial charge in [-0.25, -0.2) is 0 Å². The zero-order valence-electron chi connectivity index (χ0n) is 14.7. The van der Waals surface area contributed by atoms with Gasteiger partial charge in [0.1, 0.15) is 5.75 Å². The Morgan fingerprint density at radius 3 is 2.68 bits per heavy atom. The van der Waals surface area contributed by atoms with Crippen molar-refractivity contribution in [3.05, 3.63) is 60.3 Å². The molecule has 4 rings (SSSR count). The van der Waals surface area contributed by atoms with Gasteiger partial charge in [-0.15, -0.1) is 0 Å². The molecule has 0 bridgehead atoms. The van der Waals surface area contributed by atoms with Crippen LogP contribution >= 0.6 is 0 Å². The number of aromatic nitrogens is 1. The fourth-order valence-corrected chi connectivity index (χ4v) is 3.72. The Bertz CT molecular complexity index is 834. The number of piperidine rings is 1. The average molecular weight is 335 g/mol. The predicted octanol–water partition coefficient (Wildman–Crippen LogP) is 4.25. The number of benzene rings is 2. The van der Waals surface area contributed by atoms with E-state index in [9.17, 15) is 0 Å². The van der Waals surface area contributed by atoms with Crippen LogP contribution in [0, 0.1) is 0 Å². The first-order valence-electron chi connectivity index (χ1n) is 9.00. The largest absolute Gasteiger partial charge is 0.495 e. The van der Waals surface area contributed by atoms with Crippen molar-refractivity contribution in [2.45, 2.75) is 25.4 Å². The minimum absolute atomic E-state index is 0.510. The van der Waals surface area contributed by atoms with E-state index in [1.165, 1.54) is 16.5 Å². The van der Waals surface area contributed by atoms with Gasteiger partial charge in [0.05, 0.1) is 12.8 Å². The quantitative estimate of drug-likeness (QED) is 0.732. The number of hydrogen-bond acceptors (Lipinski definition) is 3. The monoisotopic (exact) mass is 335 g/mol. The molecule has 1 aliphatic rings. The van der Waals surface area contributed by atoms with Crippen LogP contribution in [0.2, 0.25) is 0 Å². The SMILES string of the molecule is COc1ccccc1NC1CCN(Cc2c[nH]c3ccccc23)CC1. The summed E-state index contributed by atoms with van der Waals surface area (Å²) < 4.78 is 5.44.